The normalized spacial score (nSPS) is 16.9. The third-order valence-electron chi connectivity index (χ3n) is 3.97. The lowest BCUT2D eigenvalue weighted by Crippen LogP contribution is -2.36. The van der Waals surface area contributed by atoms with Crippen LogP contribution in [0.15, 0.2) is 34.2 Å². The fraction of sp³-hybridized carbons (Fsp3) is 0.412. The summed E-state index contributed by atoms with van der Waals surface area (Å²) < 4.78 is 5.79. The first-order valence-electron chi connectivity index (χ1n) is 7.88. The second-order valence-electron chi connectivity index (χ2n) is 5.66. The fourth-order valence-corrected chi connectivity index (χ4v) is 3.34. The summed E-state index contributed by atoms with van der Waals surface area (Å²) in [5.41, 5.74) is 0. The van der Waals surface area contributed by atoms with Crippen LogP contribution < -0.4 is 5.32 Å². The first-order chi connectivity index (χ1) is 11.2. The van der Waals surface area contributed by atoms with E-state index in [1.165, 1.54) is 30.3 Å². The Bertz CT molecular complexity index is 657. The number of carbonyl (C=O) groups excluding carboxylic acids is 1. The second-order valence-corrected chi connectivity index (χ2v) is 6.58. The predicted octanol–water partition coefficient (Wildman–Crippen LogP) is 3.01. The third-order valence-corrected chi connectivity index (χ3v) is 4.71. The third kappa shape index (κ3) is 4.30. The molecule has 1 amide bonds. The highest BCUT2D eigenvalue weighted by atomic mass is 32.1. The van der Waals surface area contributed by atoms with E-state index in [4.69, 9.17) is 4.42 Å². The van der Waals surface area contributed by atoms with Gasteiger partial charge in [-0.15, -0.1) is 11.3 Å². The maximum Gasteiger partial charge on any atom is 0.244 e. The summed E-state index contributed by atoms with van der Waals surface area (Å²) in [7, 11) is 0. The van der Waals surface area contributed by atoms with Gasteiger partial charge in [-0.3, -0.25) is 9.69 Å². The number of carbonyl (C=O) groups is 1. The fourth-order valence-electron chi connectivity index (χ4n) is 2.82. The summed E-state index contributed by atoms with van der Waals surface area (Å²) in [6.45, 7) is 4.60. The molecule has 6 heteroatoms. The van der Waals surface area contributed by atoms with E-state index in [-0.39, 0.29) is 11.9 Å². The molecule has 0 saturated carbocycles. The molecular formula is C17H21N3O2S. The zero-order valence-electron chi connectivity index (χ0n) is 13.2. The molecule has 1 unspecified atom stereocenters. The molecule has 0 aromatic carbocycles. The number of nitrogens with one attached hydrogen (secondary N) is 1. The molecule has 122 valence electrons. The number of rotatable bonds is 6. The monoisotopic (exact) mass is 331 g/mol. The molecule has 5 nitrogen and oxygen atoms in total. The highest BCUT2D eigenvalue weighted by Crippen LogP contribution is 2.26. The minimum absolute atomic E-state index is 0.100. The maximum atomic E-state index is 12.0. The largest absolute Gasteiger partial charge is 0.465 e. The van der Waals surface area contributed by atoms with Crippen molar-refractivity contribution in [3.63, 3.8) is 0 Å². The molecular weight excluding hydrogens is 310 g/mol. The van der Waals surface area contributed by atoms with Gasteiger partial charge in [-0.1, -0.05) is 0 Å². The molecule has 0 aliphatic carbocycles. The van der Waals surface area contributed by atoms with Gasteiger partial charge in [0.15, 0.2) is 0 Å². The molecule has 1 aliphatic heterocycles. The minimum atomic E-state index is -0.104. The van der Waals surface area contributed by atoms with Gasteiger partial charge in [0, 0.05) is 24.2 Å². The van der Waals surface area contributed by atoms with Gasteiger partial charge in [-0.25, -0.2) is 4.98 Å². The number of furan rings is 1. The van der Waals surface area contributed by atoms with Crippen LogP contribution in [0.1, 0.15) is 35.4 Å². The van der Waals surface area contributed by atoms with Crippen LogP contribution in [-0.4, -0.2) is 35.4 Å². The molecule has 1 N–H and O–H groups in total. The van der Waals surface area contributed by atoms with Gasteiger partial charge >= 0.3 is 0 Å². The van der Waals surface area contributed by atoms with Crippen LogP contribution in [-0.2, 0) is 4.79 Å². The van der Waals surface area contributed by atoms with Crippen LogP contribution in [0.5, 0.6) is 0 Å². The Hall–Kier alpha value is -1.92. The zero-order chi connectivity index (χ0) is 16.1. The molecule has 1 aliphatic rings. The van der Waals surface area contributed by atoms with Crippen molar-refractivity contribution in [2.75, 3.05) is 19.6 Å². The van der Waals surface area contributed by atoms with Crippen LogP contribution in [0.2, 0.25) is 0 Å². The number of thiazole rings is 1. The van der Waals surface area contributed by atoms with E-state index < -0.39 is 0 Å². The average Bonchev–Trinajstić information content (AvgIpc) is 3.28. The lowest BCUT2D eigenvalue weighted by molar-refractivity contribution is -0.116. The average molecular weight is 331 g/mol. The van der Waals surface area contributed by atoms with E-state index in [0.717, 1.165) is 29.6 Å². The predicted molar refractivity (Wildman–Crippen MR) is 91.2 cm³/mol. The first kappa shape index (κ1) is 16.0. The Morgan fingerprint density at radius 2 is 2.30 bits per heavy atom. The van der Waals surface area contributed by atoms with Crippen LogP contribution in [0.4, 0.5) is 0 Å². The molecule has 3 heterocycles. The Labute approximate surface area is 140 Å². The number of aromatic nitrogens is 1. The van der Waals surface area contributed by atoms with Crippen molar-refractivity contribution >= 4 is 23.3 Å². The lowest BCUT2D eigenvalue weighted by Gasteiger charge is -2.25. The molecule has 0 spiro atoms. The van der Waals surface area contributed by atoms with E-state index in [9.17, 15) is 4.79 Å². The van der Waals surface area contributed by atoms with Crippen molar-refractivity contribution in [2.45, 2.75) is 25.8 Å². The molecule has 3 rings (SSSR count). The molecule has 0 bridgehead atoms. The summed E-state index contributed by atoms with van der Waals surface area (Å²) in [5, 5.41) is 5.70. The molecule has 0 radical (unpaired) electrons. The van der Waals surface area contributed by atoms with Crippen molar-refractivity contribution < 1.29 is 9.21 Å². The van der Waals surface area contributed by atoms with Crippen LogP contribution in [0, 0.1) is 6.92 Å². The van der Waals surface area contributed by atoms with Gasteiger partial charge in [0.05, 0.1) is 6.04 Å². The number of aryl methyl sites for hydroxylation is 1. The second kappa shape index (κ2) is 7.57. The van der Waals surface area contributed by atoms with E-state index in [1.54, 1.807) is 12.3 Å². The van der Waals surface area contributed by atoms with Gasteiger partial charge in [0.25, 0.3) is 0 Å². The van der Waals surface area contributed by atoms with Crippen molar-refractivity contribution in [1.82, 2.24) is 15.2 Å². The van der Waals surface area contributed by atoms with Crippen LogP contribution in [0.3, 0.4) is 0 Å². The van der Waals surface area contributed by atoms with Gasteiger partial charge < -0.3 is 9.73 Å². The van der Waals surface area contributed by atoms with Crippen molar-refractivity contribution in [3.8, 4) is 0 Å². The highest BCUT2D eigenvalue weighted by molar-refractivity contribution is 7.10. The molecule has 23 heavy (non-hydrogen) atoms. The minimum Gasteiger partial charge on any atom is -0.465 e. The van der Waals surface area contributed by atoms with Crippen LogP contribution in [0.25, 0.3) is 6.08 Å². The maximum absolute atomic E-state index is 12.0. The van der Waals surface area contributed by atoms with Crippen molar-refractivity contribution in [3.05, 3.63) is 46.3 Å². The summed E-state index contributed by atoms with van der Waals surface area (Å²) in [5.74, 6) is 1.72. The van der Waals surface area contributed by atoms with Gasteiger partial charge in [-0.05, 0) is 51.1 Å². The molecule has 1 atom stereocenters. The zero-order valence-corrected chi connectivity index (χ0v) is 14.0. The van der Waals surface area contributed by atoms with E-state index in [0.29, 0.717) is 6.54 Å². The lowest BCUT2D eigenvalue weighted by atomic mass is 10.2. The Balaban J connectivity index is 1.61. The number of hydrogen-bond acceptors (Lipinski definition) is 5. The summed E-state index contributed by atoms with van der Waals surface area (Å²) in [6, 6.07) is 4.08. The summed E-state index contributed by atoms with van der Waals surface area (Å²) >= 11 is 1.51. The Kier molecular flexibility index (Phi) is 5.25. The standard InChI is InChI=1S/C17H21N3O2S/c1-13-4-5-15(22-13)14(20-9-2-3-10-20)12-19-16(21)6-7-17-18-8-11-23-17/h4-8,11,14H,2-3,9-10,12H2,1H3,(H,19,21). The number of nitrogens with zero attached hydrogens (tertiary/aromatic N) is 2. The highest BCUT2D eigenvalue weighted by Gasteiger charge is 2.26. The van der Waals surface area contributed by atoms with Crippen molar-refractivity contribution in [2.24, 2.45) is 0 Å². The molecule has 1 fully saturated rings. The smallest absolute Gasteiger partial charge is 0.244 e. The van der Waals surface area contributed by atoms with E-state index in [2.05, 4.69) is 15.2 Å². The molecule has 1 saturated heterocycles. The SMILES string of the molecule is Cc1ccc(C(CNC(=O)C=Cc2nccs2)N2CCCC2)o1. The number of amides is 1. The first-order valence-corrected chi connectivity index (χ1v) is 8.76. The summed E-state index contributed by atoms with van der Waals surface area (Å²) in [4.78, 5) is 18.5. The number of hydrogen-bond donors (Lipinski definition) is 1. The quantitative estimate of drug-likeness (QED) is 0.827. The summed E-state index contributed by atoms with van der Waals surface area (Å²) in [6.07, 6.45) is 7.40. The number of likely N-dealkylation sites (tertiary alicyclic amines) is 1. The van der Waals surface area contributed by atoms with Gasteiger partial charge in [0.2, 0.25) is 5.91 Å². The topological polar surface area (TPSA) is 58.4 Å². The van der Waals surface area contributed by atoms with E-state index >= 15 is 0 Å². The van der Waals surface area contributed by atoms with E-state index in [1.807, 2.05) is 24.4 Å². The molecule has 2 aromatic rings. The molecule has 2 aromatic heterocycles. The van der Waals surface area contributed by atoms with Gasteiger partial charge in [0.1, 0.15) is 16.5 Å². The Morgan fingerprint density at radius 1 is 1.48 bits per heavy atom. The van der Waals surface area contributed by atoms with Gasteiger partial charge in [-0.2, -0.15) is 0 Å². The van der Waals surface area contributed by atoms with Crippen molar-refractivity contribution in [1.29, 1.82) is 0 Å². The Morgan fingerprint density at radius 3 is 2.96 bits per heavy atom. The van der Waals surface area contributed by atoms with Crippen LogP contribution >= 0.6 is 11.3 Å².